The van der Waals surface area contributed by atoms with Crippen LogP contribution in [0.5, 0.6) is 0 Å². The van der Waals surface area contributed by atoms with Crippen molar-refractivity contribution in [3.05, 3.63) is 11.6 Å². The lowest BCUT2D eigenvalue weighted by atomic mass is 9.96. The van der Waals surface area contributed by atoms with Crippen molar-refractivity contribution in [2.45, 2.75) is 39.3 Å². The zero-order valence-corrected chi connectivity index (χ0v) is 10.8. The van der Waals surface area contributed by atoms with Crippen LogP contribution in [0, 0.1) is 5.92 Å². The third kappa shape index (κ3) is 3.78. The summed E-state index contributed by atoms with van der Waals surface area (Å²) in [6.07, 6.45) is 3.27. The largest absolute Gasteiger partial charge is 0.311 e. The van der Waals surface area contributed by atoms with Crippen LogP contribution in [0.4, 0.5) is 0 Å². The molecule has 3 atom stereocenters. The summed E-state index contributed by atoms with van der Waals surface area (Å²) >= 11 is 5.57. The van der Waals surface area contributed by atoms with Gasteiger partial charge in [-0.25, -0.2) is 0 Å². The van der Waals surface area contributed by atoms with Crippen molar-refractivity contribution in [3.8, 4) is 0 Å². The van der Waals surface area contributed by atoms with Crippen molar-refractivity contribution < 1.29 is 0 Å². The van der Waals surface area contributed by atoms with E-state index in [9.17, 15) is 0 Å². The van der Waals surface area contributed by atoms with E-state index < -0.39 is 0 Å². The molecule has 1 aliphatic rings. The SMILES string of the molecule is CCC(C)C1CN(C/C=C/Cl)C(C)CN1. The van der Waals surface area contributed by atoms with E-state index in [2.05, 4.69) is 31.0 Å². The first-order valence-electron chi connectivity index (χ1n) is 5.91. The molecule has 1 heterocycles. The Labute approximate surface area is 98.7 Å². The van der Waals surface area contributed by atoms with Crippen LogP contribution in [-0.2, 0) is 0 Å². The summed E-state index contributed by atoms with van der Waals surface area (Å²) in [5, 5.41) is 3.63. The van der Waals surface area contributed by atoms with Gasteiger partial charge in [0.25, 0.3) is 0 Å². The van der Waals surface area contributed by atoms with Gasteiger partial charge in [0.1, 0.15) is 0 Å². The average Bonchev–Trinajstić information content (AvgIpc) is 2.27. The Morgan fingerprint density at radius 2 is 2.33 bits per heavy atom. The second kappa shape index (κ2) is 6.51. The lowest BCUT2D eigenvalue weighted by molar-refractivity contribution is 0.132. The molecular weight excluding hydrogens is 208 g/mol. The van der Waals surface area contributed by atoms with Gasteiger partial charge in [-0.05, 0) is 12.8 Å². The molecule has 88 valence electrons. The molecule has 0 aliphatic carbocycles. The molecule has 0 aromatic heterocycles. The van der Waals surface area contributed by atoms with Crippen LogP contribution in [-0.4, -0.2) is 36.6 Å². The molecule has 3 unspecified atom stereocenters. The van der Waals surface area contributed by atoms with Crippen molar-refractivity contribution >= 4 is 11.6 Å². The zero-order valence-electron chi connectivity index (χ0n) is 10.0. The summed E-state index contributed by atoms with van der Waals surface area (Å²) in [5.41, 5.74) is 1.62. The van der Waals surface area contributed by atoms with Crippen molar-refractivity contribution in [2.24, 2.45) is 5.92 Å². The summed E-state index contributed by atoms with van der Waals surface area (Å²) in [7, 11) is 0. The maximum Gasteiger partial charge on any atom is 0.0221 e. The minimum Gasteiger partial charge on any atom is -0.311 e. The highest BCUT2D eigenvalue weighted by Gasteiger charge is 2.26. The highest BCUT2D eigenvalue weighted by atomic mass is 35.5. The highest BCUT2D eigenvalue weighted by molar-refractivity contribution is 6.25. The fourth-order valence-corrected chi connectivity index (χ4v) is 2.12. The standard InChI is InChI=1S/C12H23ClN2/c1-4-10(2)12-9-15(7-5-6-13)11(3)8-14-12/h5-6,10-12,14H,4,7-9H2,1-3H3/b6-5+. The molecule has 1 rings (SSSR count). The van der Waals surface area contributed by atoms with Gasteiger partial charge in [-0.1, -0.05) is 37.9 Å². The van der Waals surface area contributed by atoms with Crippen LogP contribution in [0.2, 0.25) is 0 Å². The molecular formula is C12H23ClN2. The van der Waals surface area contributed by atoms with Crippen LogP contribution in [0.25, 0.3) is 0 Å². The summed E-state index contributed by atoms with van der Waals surface area (Å²) in [4.78, 5) is 2.49. The van der Waals surface area contributed by atoms with Gasteiger partial charge in [0.15, 0.2) is 0 Å². The summed E-state index contributed by atoms with van der Waals surface area (Å²) in [6.45, 7) is 10.0. The van der Waals surface area contributed by atoms with E-state index in [0.29, 0.717) is 12.1 Å². The quantitative estimate of drug-likeness (QED) is 0.798. The van der Waals surface area contributed by atoms with E-state index in [-0.39, 0.29) is 0 Å². The molecule has 0 amide bonds. The molecule has 1 saturated heterocycles. The van der Waals surface area contributed by atoms with E-state index in [1.54, 1.807) is 5.54 Å². The van der Waals surface area contributed by atoms with Gasteiger partial charge in [-0.15, -0.1) is 0 Å². The molecule has 0 aromatic carbocycles. The zero-order chi connectivity index (χ0) is 11.3. The molecule has 15 heavy (non-hydrogen) atoms. The van der Waals surface area contributed by atoms with Crippen molar-refractivity contribution in [1.29, 1.82) is 0 Å². The number of hydrogen-bond donors (Lipinski definition) is 1. The van der Waals surface area contributed by atoms with Gasteiger partial charge in [0.2, 0.25) is 0 Å². The molecule has 0 saturated carbocycles. The van der Waals surface area contributed by atoms with E-state index in [1.165, 1.54) is 6.42 Å². The van der Waals surface area contributed by atoms with Crippen LogP contribution < -0.4 is 5.32 Å². The summed E-state index contributed by atoms with van der Waals surface area (Å²) in [5.74, 6) is 0.750. The Balaban J connectivity index is 2.47. The Morgan fingerprint density at radius 1 is 1.60 bits per heavy atom. The van der Waals surface area contributed by atoms with E-state index in [1.807, 2.05) is 6.08 Å². The second-order valence-electron chi connectivity index (χ2n) is 4.56. The number of nitrogens with zero attached hydrogens (tertiary/aromatic N) is 1. The predicted octanol–water partition coefficient (Wildman–Crippen LogP) is 2.45. The molecule has 1 fully saturated rings. The van der Waals surface area contributed by atoms with E-state index in [4.69, 9.17) is 11.6 Å². The smallest absolute Gasteiger partial charge is 0.0221 e. The third-order valence-electron chi connectivity index (χ3n) is 3.49. The highest BCUT2D eigenvalue weighted by Crippen LogP contribution is 2.15. The molecule has 2 nitrogen and oxygen atoms in total. The Kier molecular flexibility index (Phi) is 5.65. The van der Waals surface area contributed by atoms with Crippen LogP contribution in [0.3, 0.4) is 0 Å². The fraction of sp³-hybridized carbons (Fsp3) is 0.833. The lowest BCUT2D eigenvalue weighted by Crippen LogP contribution is -2.57. The molecule has 0 bridgehead atoms. The Morgan fingerprint density at radius 3 is 2.93 bits per heavy atom. The number of halogens is 1. The van der Waals surface area contributed by atoms with Crippen molar-refractivity contribution in [3.63, 3.8) is 0 Å². The van der Waals surface area contributed by atoms with Gasteiger partial charge in [0.05, 0.1) is 0 Å². The molecule has 1 N–H and O–H groups in total. The summed E-state index contributed by atoms with van der Waals surface area (Å²) < 4.78 is 0. The second-order valence-corrected chi connectivity index (χ2v) is 4.82. The normalized spacial score (nSPS) is 30.9. The number of rotatable bonds is 4. The first kappa shape index (κ1) is 13.0. The van der Waals surface area contributed by atoms with E-state index >= 15 is 0 Å². The number of nitrogens with one attached hydrogen (secondary N) is 1. The van der Waals surface area contributed by atoms with Gasteiger partial charge in [0, 0.05) is 37.3 Å². The van der Waals surface area contributed by atoms with E-state index in [0.717, 1.165) is 25.6 Å². The lowest BCUT2D eigenvalue weighted by Gasteiger charge is -2.40. The minimum atomic E-state index is 0.609. The fourth-order valence-electron chi connectivity index (χ4n) is 2.04. The predicted molar refractivity (Wildman–Crippen MR) is 67.3 cm³/mol. The Bertz CT molecular complexity index is 206. The molecule has 0 radical (unpaired) electrons. The van der Waals surface area contributed by atoms with Crippen LogP contribution in [0.1, 0.15) is 27.2 Å². The van der Waals surface area contributed by atoms with Crippen LogP contribution in [0.15, 0.2) is 11.6 Å². The van der Waals surface area contributed by atoms with Gasteiger partial charge in [-0.3, -0.25) is 4.90 Å². The van der Waals surface area contributed by atoms with Crippen LogP contribution >= 0.6 is 11.6 Å². The first-order chi connectivity index (χ1) is 7.19. The molecule has 1 aliphatic heterocycles. The topological polar surface area (TPSA) is 15.3 Å². The molecule has 3 heteroatoms. The first-order valence-corrected chi connectivity index (χ1v) is 6.35. The van der Waals surface area contributed by atoms with Crippen molar-refractivity contribution in [1.82, 2.24) is 10.2 Å². The maximum absolute atomic E-state index is 5.57. The summed E-state index contributed by atoms with van der Waals surface area (Å²) in [6, 6.07) is 1.24. The number of piperazine rings is 1. The minimum absolute atomic E-state index is 0.609. The van der Waals surface area contributed by atoms with Gasteiger partial charge >= 0.3 is 0 Å². The molecule has 0 spiro atoms. The average molecular weight is 231 g/mol. The molecule has 0 aromatic rings. The maximum atomic E-state index is 5.57. The number of hydrogen-bond acceptors (Lipinski definition) is 2. The van der Waals surface area contributed by atoms with Crippen molar-refractivity contribution in [2.75, 3.05) is 19.6 Å². The Hall–Kier alpha value is -0.0500. The van der Waals surface area contributed by atoms with Gasteiger partial charge < -0.3 is 5.32 Å². The monoisotopic (exact) mass is 230 g/mol. The third-order valence-corrected chi connectivity index (χ3v) is 3.67. The van der Waals surface area contributed by atoms with Gasteiger partial charge in [-0.2, -0.15) is 0 Å².